The molecule has 0 saturated carbocycles. The molecule has 0 saturated heterocycles. The smallest absolute Gasteiger partial charge is 0.255 e. The molecule has 0 fully saturated rings. The minimum atomic E-state index is -0.201. The molecular weight excluding hydrogens is 272 g/mol. The second-order valence-electron chi connectivity index (χ2n) is 4.13. The molecule has 0 atom stereocenters. The van der Waals surface area contributed by atoms with Crippen molar-refractivity contribution in [1.29, 1.82) is 0 Å². The average Bonchev–Trinajstić information content (AvgIpc) is 2.47. The SMILES string of the molecule is COc1ccc(C(=O)Nc2cccc(C(N)=S)c2)cc1. The van der Waals surface area contributed by atoms with Crippen molar-refractivity contribution < 1.29 is 9.53 Å². The van der Waals surface area contributed by atoms with Crippen LogP contribution in [-0.2, 0) is 0 Å². The number of hydrogen-bond acceptors (Lipinski definition) is 3. The molecule has 0 aliphatic carbocycles. The number of anilines is 1. The predicted molar refractivity (Wildman–Crippen MR) is 83.3 cm³/mol. The Morgan fingerprint density at radius 2 is 1.85 bits per heavy atom. The van der Waals surface area contributed by atoms with Crippen molar-refractivity contribution in [2.75, 3.05) is 12.4 Å². The summed E-state index contributed by atoms with van der Waals surface area (Å²) < 4.78 is 5.05. The lowest BCUT2D eigenvalue weighted by atomic mass is 10.1. The van der Waals surface area contributed by atoms with Gasteiger partial charge in [-0.15, -0.1) is 0 Å². The van der Waals surface area contributed by atoms with Gasteiger partial charge in [0.15, 0.2) is 0 Å². The number of thiocarbonyl (C=S) groups is 1. The fourth-order valence-corrected chi connectivity index (χ4v) is 1.82. The Morgan fingerprint density at radius 3 is 2.45 bits per heavy atom. The van der Waals surface area contributed by atoms with Crippen LogP contribution in [0.1, 0.15) is 15.9 Å². The van der Waals surface area contributed by atoms with Gasteiger partial charge in [-0.3, -0.25) is 4.79 Å². The third-order valence-corrected chi connectivity index (χ3v) is 2.99. The first kappa shape index (κ1) is 14.0. The van der Waals surface area contributed by atoms with Crippen LogP contribution in [0.25, 0.3) is 0 Å². The van der Waals surface area contributed by atoms with Crippen LogP contribution in [0.4, 0.5) is 5.69 Å². The Hall–Kier alpha value is -2.40. The number of carbonyl (C=O) groups excluding carboxylic acids is 1. The second-order valence-corrected chi connectivity index (χ2v) is 4.57. The van der Waals surface area contributed by atoms with Crippen molar-refractivity contribution in [2.45, 2.75) is 0 Å². The van der Waals surface area contributed by atoms with E-state index in [1.165, 1.54) is 0 Å². The molecule has 3 N–H and O–H groups in total. The Morgan fingerprint density at radius 1 is 1.15 bits per heavy atom. The third-order valence-electron chi connectivity index (χ3n) is 2.76. The van der Waals surface area contributed by atoms with Gasteiger partial charge in [0.05, 0.1) is 7.11 Å². The fraction of sp³-hybridized carbons (Fsp3) is 0.0667. The number of benzene rings is 2. The van der Waals surface area contributed by atoms with Gasteiger partial charge in [0, 0.05) is 16.8 Å². The Kier molecular flexibility index (Phi) is 4.32. The van der Waals surface area contributed by atoms with Crippen LogP contribution in [0.15, 0.2) is 48.5 Å². The molecule has 0 spiro atoms. The van der Waals surface area contributed by atoms with Gasteiger partial charge in [-0.25, -0.2) is 0 Å². The fourth-order valence-electron chi connectivity index (χ4n) is 1.70. The van der Waals surface area contributed by atoms with E-state index in [1.807, 2.05) is 0 Å². The molecule has 102 valence electrons. The zero-order valence-electron chi connectivity index (χ0n) is 10.9. The summed E-state index contributed by atoms with van der Waals surface area (Å²) in [5, 5.41) is 2.80. The van der Waals surface area contributed by atoms with Crippen molar-refractivity contribution in [3.8, 4) is 5.75 Å². The van der Waals surface area contributed by atoms with E-state index < -0.39 is 0 Å². The first-order chi connectivity index (χ1) is 9.60. The van der Waals surface area contributed by atoms with Gasteiger partial charge in [-0.05, 0) is 36.4 Å². The van der Waals surface area contributed by atoms with Crippen molar-refractivity contribution in [1.82, 2.24) is 0 Å². The molecule has 0 radical (unpaired) electrons. The Labute approximate surface area is 122 Å². The highest BCUT2D eigenvalue weighted by atomic mass is 32.1. The summed E-state index contributed by atoms with van der Waals surface area (Å²) in [4.78, 5) is 12.4. The van der Waals surface area contributed by atoms with Crippen LogP contribution in [0.2, 0.25) is 0 Å². The minimum absolute atomic E-state index is 0.201. The van der Waals surface area contributed by atoms with Gasteiger partial charge in [-0.2, -0.15) is 0 Å². The lowest BCUT2D eigenvalue weighted by Crippen LogP contribution is -2.13. The van der Waals surface area contributed by atoms with E-state index in [-0.39, 0.29) is 5.91 Å². The summed E-state index contributed by atoms with van der Waals surface area (Å²) in [7, 11) is 1.58. The highest BCUT2D eigenvalue weighted by Crippen LogP contribution is 2.15. The summed E-state index contributed by atoms with van der Waals surface area (Å²) >= 11 is 4.91. The number of nitrogens with two attached hydrogens (primary N) is 1. The molecule has 0 aromatic heterocycles. The van der Waals surface area contributed by atoms with Crippen molar-refractivity contribution in [3.05, 3.63) is 59.7 Å². The van der Waals surface area contributed by atoms with Crippen LogP contribution in [-0.4, -0.2) is 18.0 Å². The molecular formula is C15H14N2O2S. The van der Waals surface area contributed by atoms with Gasteiger partial charge < -0.3 is 15.8 Å². The van der Waals surface area contributed by atoms with Gasteiger partial charge in [0.2, 0.25) is 0 Å². The van der Waals surface area contributed by atoms with Crippen LogP contribution in [0, 0.1) is 0 Å². The van der Waals surface area contributed by atoms with E-state index in [2.05, 4.69) is 5.32 Å². The molecule has 0 aliphatic rings. The lowest BCUT2D eigenvalue weighted by Gasteiger charge is -2.07. The number of rotatable bonds is 4. The topological polar surface area (TPSA) is 64.3 Å². The maximum atomic E-state index is 12.1. The van der Waals surface area contributed by atoms with E-state index >= 15 is 0 Å². The highest BCUT2D eigenvalue weighted by Gasteiger charge is 2.07. The van der Waals surface area contributed by atoms with Gasteiger partial charge in [-0.1, -0.05) is 24.4 Å². The molecule has 5 heteroatoms. The van der Waals surface area contributed by atoms with Crippen molar-refractivity contribution >= 4 is 28.8 Å². The molecule has 2 rings (SSSR count). The lowest BCUT2D eigenvalue weighted by molar-refractivity contribution is 0.102. The number of methoxy groups -OCH3 is 1. The maximum Gasteiger partial charge on any atom is 0.255 e. The molecule has 2 aromatic carbocycles. The molecule has 4 nitrogen and oxygen atoms in total. The normalized spacial score (nSPS) is 9.85. The summed E-state index contributed by atoms with van der Waals surface area (Å²) in [5.41, 5.74) is 7.47. The number of carbonyl (C=O) groups is 1. The van der Waals surface area contributed by atoms with Crippen molar-refractivity contribution in [3.63, 3.8) is 0 Å². The van der Waals surface area contributed by atoms with Crippen LogP contribution >= 0.6 is 12.2 Å². The van der Waals surface area contributed by atoms with Gasteiger partial charge in [0.1, 0.15) is 10.7 Å². The molecule has 2 aromatic rings. The van der Waals surface area contributed by atoms with E-state index in [9.17, 15) is 4.79 Å². The Bertz CT molecular complexity index is 639. The monoisotopic (exact) mass is 286 g/mol. The highest BCUT2D eigenvalue weighted by molar-refractivity contribution is 7.80. The van der Waals surface area contributed by atoms with E-state index in [4.69, 9.17) is 22.7 Å². The molecule has 0 aliphatic heterocycles. The standard InChI is InChI=1S/C15H14N2O2S/c1-19-13-7-5-10(6-8-13)15(18)17-12-4-2-3-11(9-12)14(16)20/h2-9H,1H3,(H2,16,20)(H,17,18). The molecule has 0 unspecified atom stereocenters. The van der Waals surface area contributed by atoms with Crippen LogP contribution in [0.5, 0.6) is 5.75 Å². The largest absolute Gasteiger partial charge is 0.497 e. The van der Waals surface area contributed by atoms with E-state index in [0.29, 0.717) is 27.6 Å². The number of amides is 1. The maximum absolute atomic E-state index is 12.1. The van der Waals surface area contributed by atoms with Crippen LogP contribution < -0.4 is 15.8 Å². The molecule has 1 amide bonds. The molecule has 0 bridgehead atoms. The average molecular weight is 286 g/mol. The van der Waals surface area contributed by atoms with Gasteiger partial charge >= 0.3 is 0 Å². The summed E-state index contributed by atoms with van der Waals surface area (Å²) in [5.74, 6) is 0.504. The zero-order valence-corrected chi connectivity index (χ0v) is 11.7. The predicted octanol–water partition coefficient (Wildman–Crippen LogP) is 2.58. The quantitative estimate of drug-likeness (QED) is 0.848. The third kappa shape index (κ3) is 3.33. The van der Waals surface area contributed by atoms with Crippen LogP contribution in [0.3, 0.4) is 0 Å². The van der Waals surface area contributed by atoms with E-state index in [0.717, 1.165) is 0 Å². The van der Waals surface area contributed by atoms with Crippen molar-refractivity contribution in [2.24, 2.45) is 5.73 Å². The summed E-state index contributed by atoms with van der Waals surface area (Å²) in [6.07, 6.45) is 0. The van der Waals surface area contributed by atoms with Gasteiger partial charge in [0.25, 0.3) is 5.91 Å². The zero-order chi connectivity index (χ0) is 14.5. The Balaban J connectivity index is 2.14. The minimum Gasteiger partial charge on any atom is -0.497 e. The first-order valence-electron chi connectivity index (χ1n) is 5.95. The van der Waals surface area contributed by atoms with E-state index in [1.54, 1.807) is 55.6 Å². The molecule has 20 heavy (non-hydrogen) atoms. The summed E-state index contributed by atoms with van der Waals surface area (Å²) in [6.45, 7) is 0. The number of nitrogens with one attached hydrogen (secondary N) is 1. The number of ether oxygens (including phenoxy) is 1. The first-order valence-corrected chi connectivity index (χ1v) is 6.36. The summed E-state index contributed by atoms with van der Waals surface area (Å²) in [6, 6.07) is 14.0. The second kappa shape index (κ2) is 6.16. The number of hydrogen-bond donors (Lipinski definition) is 2. The molecule has 0 heterocycles.